The second-order valence-electron chi connectivity index (χ2n) is 6.04. The lowest BCUT2D eigenvalue weighted by atomic mass is 9.89. The molecule has 2 rings (SSSR count). The van der Waals surface area contributed by atoms with Crippen LogP contribution in [0.4, 0.5) is 13.2 Å². The zero-order valence-corrected chi connectivity index (χ0v) is 12.0. The molecular weight excluding hydrogens is 263 g/mol. The van der Waals surface area contributed by atoms with Crippen LogP contribution in [0.2, 0.25) is 0 Å². The standard InChI is InChI=1S/C16H22F3N/c1-11(12(2)10-20-15-6-7-15)8-13-4-3-5-14(9-13)16(17,18)19/h3-5,9,11-12,15,20H,6-8,10H2,1-2H3. The Morgan fingerprint density at radius 2 is 1.90 bits per heavy atom. The molecule has 0 amide bonds. The molecule has 0 saturated heterocycles. The van der Waals surface area contributed by atoms with E-state index in [0.29, 0.717) is 24.3 Å². The van der Waals surface area contributed by atoms with Gasteiger partial charge < -0.3 is 5.32 Å². The Balaban J connectivity index is 1.90. The molecule has 2 atom stereocenters. The topological polar surface area (TPSA) is 12.0 Å². The molecule has 1 fully saturated rings. The fourth-order valence-corrected chi connectivity index (χ4v) is 2.29. The number of halogens is 3. The molecule has 1 saturated carbocycles. The third-order valence-electron chi connectivity index (χ3n) is 4.09. The molecule has 0 radical (unpaired) electrons. The highest BCUT2D eigenvalue weighted by Crippen LogP contribution is 2.30. The van der Waals surface area contributed by atoms with Crippen LogP contribution in [0.15, 0.2) is 24.3 Å². The number of hydrogen-bond acceptors (Lipinski definition) is 1. The van der Waals surface area contributed by atoms with Crippen molar-refractivity contribution in [3.8, 4) is 0 Å². The van der Waals surface area contributed by atoms with Gasteiger partial charge in [-0.05, 0) is 49.3 Å². The summed E-state index contributed by atoms with van der Waals surface area (Å²) in [6, 6.07) is 6.37. The Hall–Kier alpha value is -1.03. The zero-order valence-electron chi connectivity index (χ0n) is 12.0. The summed E-state index contributed by atoms with van der Waals surface area (Å²) in [5, 5.41) is 3.48. The summed E-state index contributed by atoms with van der Waals surface area (Å²) < 4.78 is 38.0. The molecule has 0 aliphatic heterocycles. The van der Waals surface area contributed by atoms with Crippen LogP contribution in [0.3, 0.4) is 0 Å². The van der Waals surface area contributed by atoms with Crippen molar-refractivity contribution in [1.29, 1.82) is 0 Å². The van der Waals surface area contributed by atoms with Crippen LogP contribution in [0.1, 0.15) is 37.8 Å². The number of nitrogens with one attached hydrogen (secondary N) is 1. The van der Waals surface area contributed by atoms with Crippen molar-refractivity contribution in [2.75, 3.05) is 6.54 Å². The number of alkyl halides is 3. The van der Waals surface area contributed by atoms with Crippen molar-refractivity contribution in [2.45, 2.75) is 45.3 Å². The van der Waals surface area contributed by atoms with E-state index >= 15 is 0 Å². The maximum atomic E-state index is 12.7. The van der Waals surface area contributed by atoms with Crippen molar-refractivity contribution in [2.24, 2.45) is 11.8 Å². The van der Waals surface area contributed by atoms with Crippen molar-refractivity contribution in [3.63, 3.8) is 0 Å². The third kappa shape index (κ3) is 4.51. The van der Waals surface area contributed by atoms with Crippen molar-refractivity contribution in [1.82, 2.24) is 5.32 Å². The van der Waals surface area contributed by atoms with Gasteiger partial charge in [0.25, 0.3) is 0 Å². The summed E-state index contributed by atoms with van der Waals surface area (Å²) >= 11 is 0. The van der Waals surface area contributed by atoms with Gasteiger partial charge in [-0.2, -0.15) is 13.2 Å². The Labute approximate surface area is 118 Å². The van der Waals surface area contributed by atoms with Gasteiger partial charge in [0.1, 0.15) is 0 Å². The quantitative estimate of drug-likeness (QED) is 0.823. The maximum Gasteiger partial charge on any atom is 0.416 e. The van der Waals surface area contributed by atoms with Gasteiger partial charge in [-0.25, -0.2) is 0 Å². The highest BCUT2D eigenvalue weighted by molar-refractivity contribution is 5.26. The first-order chi connectivity index (χ1) is 9.36. The molecule has 1 nitrogen and oxygen atoms in total. The highest BCUT2D eigenvalue weighted by atomic mass is 19.4. The van der Waals surface area contributed by atoms with E-state index in [-0.39, 0.29) is 0 Å². The van der Waals surface area contributed by atoms with Gasteiger partial charge in [-0.15, -0.1) is 0 Å². The molecule has 0 heterocycles. The van der Waals surface area contributed by atoms with E-state index in [2.05, 4.69) is 19.2 Å². The van der Waals surface area contributed by atoms with Gasteiger partial charge in [0.05, 0.1) is 5.56 Å². The van der Waals surface area contributed by atoms with Crippen LogP contribution in [0.5, 0.6) is 0 Å². The molecule has 20 heavy (non-hydrogen) atoms. The third-order valence-corrected chi connectivity index (χ3v) is 4.09. The zero-order chi connectivity index (χ0) is 14.8. The predicted octanol–water partition coefficient (Wildman–Crippen LogP) is 4.27. The van der Waals surface area contributed by atoms with E-state index in [1.54, 1.807) is 6.07 Å². The van der Waals surface area contributed by atoms with Crippen LogP contribution in [-0.4, -0.2) is 12.6 Å². The molecule has 1 aliphatic carbocycles. The SMILES string of the molecule is CC(CNC1CC1)C(C)Cc1cccc(C(F)(F)F)c1. The first kappa shape index (κ1) is 15.4. The van der Waals surface area contributed by atoms with Crippen LogP contribution >= 0.6 is 0 Å². The largest absolute Gasteiger partial charge is 0.416 e. The summed E-state index contributed by atoms with van der Waals surface area (Å²) in [5.74, 6) is 0.829. The molecule has 112 valence electrons. The number of rotatable bonds is 6. The Kier molecular flexibility index (Phi) is 4.74. The molecule has 0 spiro atoms. The summed E-state index contributed by atoms with van der Waals surface area (Å²) in [4.78, 5) is 0. The monoisotopic (exact) mass is 285 g/mol. The lowest BCUT2D eigenvalue weighted by molar-refractivity contribution is -0.137. The summed E-state index contributed by atoms with van der Waals surface area (Å²) in [5.41, 5.74) is 0.219. The van der Waals surface area contributed by atoms with Gasteiger partial charge in [0.15, 0.2) is 0 Å². The summed E-state index contributed by atoms with van der Waals surface area (Å²) in [7, 11) is 0. The lowest BCUT2D eigenvalue weighted by Crippen LogP contribution is -2.27. The van der Waals surface area contributed by atoms with Gasteiger partial charge in [0, 0.05) is 6.04 Å². The van der Waals surface area contributed by atoms with Crippen molar-refractivity contribution in [3.05, 3.63) is 35.4 Å². The molecule has 2 unspecified atom stereocenters. The van der Waals surface area contributed by atoms with Crippen LogP contribution in [-0.2, 0) is 12.6 Å². The first-order valence-corrected chi connectivity index (χ1v) is 7.26. The van der Waals surface area contributed by atoms with E-state index < -0.39 is 11.7 Å². The fourth-order valence-electron chi connectivity index (χ4n) is 2.29. The van der Waals surface area contributed by atoms with Crippen molar-refractivity contribution < 1.29 is 13.2 Å². The number of hydrogen-bond donors (Lipinski definition) is 1. The molecule has 1 N–H and O–H groups in total. The Morgan fingerprint density at radius 1 is 1.20 bits per heavy atom. The molecule has 1 aromatic rings. The molecule has 4 heteroatoms. The molecule has 0 bridgehead atoms. The first-order valence-electron chi connectivity index (χ1n) is 7.26. The number of benzene rings is 1. The van der Waals surface area contributed by atoms with E-state index in [9.17, 15) is 13.2 Å². The highest BCUT2D eigenvalue weighted by Gasteiger charge is 2.30. The minimum atomic E-state index is -4.25. The average Bonchev–Trinajstić information content (AvgIpc) is 3.19. The predicted molar refractivity (Wildman–Crippen MR) is 74.5 cm³/mol. The maximum absolute atomic E-state index is 12.7. The molecule has 1 aliphatic rings. The van der Waals surface area contributed by atoms with Crippen LogP contribution in [0, 0.1) is 11.8 Å². The van der Waals surface area contributed by atoms with Crippen molar-refractivity contribution >= 4 is 0 Å². The van der Waals surface area contributed by atoms with Crippen LogP contribution < -0.4 is 5.32 Å². The Morgan fingerprint density at radius 3 is 2.50 bits per heavy atom. The fraction of sp³-hybridized carbons (Fsp3) is 0.625. The molecule has 1 aromatic carbocycles. The normalized spacial score (nSPS) is 18.9. The lowest BCUT2D eigenvalue weighted by Gasteiger charge is -2.21. The summed E-state index contributed by atoms with van der Waals surface area (Å²) in [6.07, 6.45) is -1.04. The second-order valence-corrected chi connectivity index (χ2v) is 6.04. The summed E-state index contributed by atoms with van der Waals surface area (Å²) in [6.45, 7) is 5.22. The average molecular weight is 285 g/mol. The van der Waals surface area contributed by atoms with E-state index in [1.165, 1.54) is 25.0 Å². The second kappa shape index (κ2) is 6.17. The van der Waals surface area contributed by atoms with Gasteiger partial charge >= 0.3 is 6.18 Å². The van der Waals surface area contributed by atoms with Gasteiger partial charge in [-0.1, -0.05) is 32.0 Å². The van der Waals surface area contributed by atoms with E-state index in [4.69, 9.17) is 0 Å². The Bertz CT molecular complexity index is 438. The molecule has 0 aromatic heterocycles. The van der Waals surface area contributed by atoms with Crippen LogP contribution in [0.25, 0.3) is 0 Å². The van der Waals surface area contributed by atoms with Gasteiger partial charge in [0.2, 0.25) is 0 Å². The van der Waals surface area contributed by atoms with E-state index in [1.807, 2.05) is 0 Å². The smallest absolute Gasteiger partial charge is 0.314 e. The molecular formula is C16H22F3N. The minimum Gasteiger partial charge on any atom is -0.314 e. The van der Waals surface area contributed by atoms with E-state index in [0.717, 1.165) is 18.2 Å². The van der Waals surface area contributed by atoms with Gasteiger partial charge in [-0.3, -0.25) is 0 Å². The minimum absolute atomic E-state index is 0.365.